The molecule has 2 atom stereocenters. The molecule has 0 fully saturated rings. The Balaban J connectivity index is 0.00000192. The number of hydrogen-bond donors (Lipinski definition) is 2. The molecule has 0 saturated heterocycles. The number of para-hydroxylation sites is 1. The maximum atomic E-state index is 13.6. The minimum atomic E-state index is -0.664. The normalized spacial score (nSPS) is 13.5. The second-order valence-electron chi connectivity index (χ2n) is 5.41. The summed E-state index contributed by atoms with van der Waals surface area (Å²) in [4.78, 5) is 0. The molecule has 0 radical (unpaired) electrons. The van der Waals surface area contributed by atoms with E-state index in [9.17, 15) is 9.50 Å². The van der Waals surface area contributed by atoms with Crippen molar-refractivity contribution in [3.05, 3.63) is 72.2 Å². The molecule has 3 nitrogen and oxygen atoms in total. The average molecular weight is 335 g/mol. The fourth-order valence-corrected chi connectivity index (χ4v) is 2.93. The molecule has 1 aromatic heterocycles. The van der Waals surface area contributed by atoms with Crippen LogP contribution in [-0.2, 0) is 0 Å². The number of benzene rings is 2. The first-order valence-electron chi connectivity index (χ1n) is 7.34. The van der Waals surface area contributed by atoms with Crippen LogP contribution >= 0.6 is 12.4 Å². The van der Waals surface area contributed by atoms with E-state index in [0.717, 1.165) is 16.5 Å². The molecule has 3 aromatic rings. The number of aliphatic hydroxyl groups is 1. The Morgan fingerprint density at radius 3 is 2.65 bits per heavy atom. The second kappa shape index (κ2) is 7.59. The van der Waals surface area contributed by atoms with Crippen molar-refractivity contribution in [2.24, 2.45) is 0 Å². The summed E-state index contributed by atoms with van der Waals surface area (Å²) in [5.74, 6) is -0.296. The van der Waals surface area contributed by atoms with Crippen LogP contribution in [0.4, 0.5) is 4.39 Å². The van der Waals surface area contributed by atoms with Crippen molar-refractivity contribution in [3.63, 3.8) is 0 Å². The Labute approximate surface area is 141 Å². The molecular weight excluding hydrogens is 315 g/mol. The van der Waals surface area contributed by atoms with Crippen LogP contribution in [0.2, 0.25) is 0 Å². The lowest BCUT2D eigenvalue weighted by Gasteiger charge is -2.26. The zero-order valence-electron chi connectivity index (χ0n) is 12.8. The van der Waals surface area contributed by atoms with Crippen molar-refractivity contribution in [2.75, 3.05) is 13.6 Å². The molecule has 1 unspecified atom stereocenters. The summed E-state index contributed by atoms with van der Waals surface area (Å²) in [6, 6.07) is 16.1. The van der Waals surface area contributed by atoms with E-state index >= 15 is 0 Å². The van der Waals surface area contributed by atoms with Crippen molar-refractivity contribution in [2.45, 2.75) is 12.1 Å². The highest BCUT2D eigenvalue weighted by Gasteiger charge is 2.23. The standard InChI is InChI=1S/C18H19FN2O.ClH/c1-20-12-17(22)18(14-6-4-7-15(19)11-14)21-10-9-13-5-2-3-8-16(13)21;/h2-11,17-18,20,22H,12H2,1H3;1H/t17-,18?;/m1./s1. The number of halogens is 2. The molecule has 2 aromatic carbocycles. The highest BCUT2D eigenvalue weighted by Crippen LogP contribution is 2.28. The highest BCUT2D eigenvalue weighted by atomic mass is 35.5. The Hall–Kier alpha value is -1.88. The largest absolute Gasteiger partial charge is 0.389 e. The van der Waals surface area contributed by atoms with Crippen LogP contribution in [-0.4, -0.2) is 29.4 Å². The van der Waals surface area contributed by atoms with Crippen molar-refractivity contribution < 1.29 is 9.50 Å². The summed E-state index contributed by atoms with van der Waals surface area (Å²) in [5, 5.41) is 14.7. The summed E-state index contributed by atoms with van der Waals surface area (Å²) in [7, 11) is 1.79. The van der Waals surface area contributed by atoms with Gasteiger partial charge in [-0.1, -0.05) is 30.3 Å². The van der Waals surface area contributed by atoms with Gasteiger partial charge in [-0.25, -0.2) is 4.39 Å². The van der Waals surface area contributed by atoms with Crippen molar-refractivity contribution in [1.82, 2.24) is 9.88 Å². The van der Waals surface area contributed by atoms with Crippen LogP contribution in [0.25, 0.3) is 10.9 Å². The molecule has 3 rings (SSSR count). The van der Waals surface area contributed by atoms with Gasteiger partial charge in [0.1, 0.15) is 5.82 Å². The van der Waals surface area contributed by atoms with E-state index in [1.54, 1.807) is 13.1 Å². The predicted octanol–water partition coefficient (Wildman–Crippen LogP) is 3.37. The molecule has 2 N–H and O–H groups in total. The Bertz CT molecular complexity index is 774. The van der Waals surface area contributed by atoms with Crippen LogP contribution in [0.15, 0.2) is 60.8 Å². The molecule has 1 heterocycles. The van der Waals surface area contributed by atoms with Crippen molar-refractivity contribution >= 4 is 23.3 Å². The topological polar surface area (TPSA) is 37.2 Å². The SMILES string of the molecule is CNC[C@@H](O)C(c1cccc(F)c1)n1ccc2ccccc21.Cl. The van der Waals surface area contributed by atoms with Crippen LogP contribution < -0.4 is 5.32 Å². The van der Waals surface area contributed by atoms with Crippen LogP contribution in [0, 0.1) is 5.82 Å². The Morgan fingerprint density at radius 1 is 1.13 bits per heavy atom. The van der Waals surface area contributed by atoms with Gasteiger partial charge in [0.15, 0.2) is 0 Å². The first kappa shape index (κ1) is 17.5. The number of likely N-dealkylation sites (N-methyl/N-ethyl adjacent to an activating group) is 1. The third-order valence-electron chi connectivity index (χ3n) is 3.90. The Kier molecular flexibility index (Phi) is 5.77. The molecule has 0 aliphatic rings. The molecule has 0 spiro atoms. The maximum Gasteiger partial charge on any atom is 0.123 e. The zero-order valence-corrected chi connectivity index (χ0v) is 13.6. The quantitative estimate of drug-likeness (QED) is 0.750. The van der Waals surface area contributed by atoms with Gasteiger partial charge < -0.3 is 15.0 Å². The lowest BCUT2D eigenvalue weighted by atomic mass is 10.0. The van der Waals surface area contributed by atoms with Gasteiger partial charge in [-0.3, -0.25) is 0 Å². The van der Waals surface area contributed by atoms with Gasteiger partial charge >= 0.3 is 0 Å². The summed E-state index contributed by atoms with van der Waals surface area (Å²) in [6.07, 6.45) is 1.28. The van der Waals surface area contributed by atoms with Gasteiger partial charge in [0.25, 0.3) is 0 Å². The van der Waals surface area contributed by atoms with E-state index in [4.69, 9.17) is 0 Å². The number of fused-ring (bicyclic) bond motifs is 1. The Morgan fingerprint density at radius 2 is 1.91 bits per heavy atom. The van der Waals surface area contributed by atoms with E-state index in [1.165, 1.54) is 12.1 Å². The van der Waals surface area contributed by atoms with Crippen molar-refractivity contribution in [3.8, 4) is 0 Å². The second-order valence-corrected chi connectivity index (χ2v) is 5.41. The highest BCUT2D eigenvalue weighted by molar-refractivity contribution is 5.85. The van der Waals surface area contributed by atoms with Gasteiger partial charge in [0, 0.05) is 18.3 Å². The van der Waals surface area contributed by atoms with Gasteiger partial charge in [0.05, 0.1) is 12.1 Å². The van der Waals surface area contributed by atoms with Gasteiger partial charge in [-0.2, -0.15) is 0 Å². The van der Waals surface area contributed by atoms with Crippen LogP contribution in [0.3, 0.4) is 0 Å². The summed E-state index contributed by atoms with van der Waals surface area (Å²) >= 11 is 0. The molecule has 0 amide bonds. The fraction of sp³-hybridized carbons (Fsp3) is 0.222. The van der Waals surface area contributed by atoms with Crippen LogP contribution in [0.5, 0.6) is 0 Å². The van der Waals surface area contributed by atoms with E-state index in [-0.39, 0.29) is 24.3 Å². The minimum absolute atomic E-state index is 0. The first-order chi connectivity index (χ1) is 10.7. The van der Waals surface area contributed by atoms with E-state index < -0.39 is 6.10 Å². The van der Waals surface area contributed by atoms with Crippen LogP contribution in [0.1, 0.15) is 11.6 Å². The minimum Gasteiger partial charge on any atom is -0.389 e. The molecule has 122 valence electrons. The monoisotopic (exact) mass is 334 g/mol. The van der Waals surface area contributed by atoms with E-state index in [2.05, 4.69) is 5.32 Å². The number of aliphatic hydroxyl groups excluding tert-OH is 1. The fourth-order valence-electron chi connectivity index (χ4n) is 2.93. The smallest absolute Gasteiger partial charge is 0.123 e. The molecule has 0 aliphatic heterocycles. The third kappa shape index (κ3) is 3.55. The average Bonchev–Trinajstić information content (AvgIpc) is 2.92. The molecule has 0 aliphatic carbocycles. The van der Waals surface area contributed by atoms with Crippen molar-refractivity contribution in [1.29, 1.82) is 0 Å². The number of nitrogens with zero attached hydrogens (tertiary/aromatic N) is 1. The predicted molar refractivity (Wildman–Crippen MR) is 93.7 cm³/mol. The molecular formula is C18H20ClFN2O. The van der Waals surface area contributed by atoms with Gasteiger partial charge in [0.2, 0.25) is 0 Å². The number of hydrogen-bond acceptors (Lipinski definition) is 2. The summed E-state index contributed by atoms with van der Waals surface area (Å²) in [5.41, 5.74) is 1.77. The third-order valence-corrected chi connectivity index (χ3v) is 3.90. The van der Waals surface area contributed by atoms with E-state index in [1.807, 2.05) is 47.2 Å². The maximum absolute atomic E-state index is 13.6. The molecule has 5 heteroatoms. The molecule has 0 saturated carbocycles. The van der Waals surface area contributed by atoms with E-state index in [0.29, 0.717) is 6.54 Å². The molecule has 0 bridgehead atoms. The number of rotatable bonds is 5. The number of nitrogens with one attached hydrogen (secondary N) is 1. The lowest BCUT2D eigenvalue weighted by Crippen LogP contribution is -2.33. The van der Waals surface area contributed by atoms with Gasteiger partial charge in [-0.05, 0) is 42.3 Å². The van der Waals surface area contributed by atoms with Gasteiger partial charge in [-0.15, -0.1) is 12.4 Å². The summed E-state index contributed by atoms with van der Waals surface area (Å²) in [6.45, 7) is 0.424. The first-order valence-corrected chi connectivity index (χ1v) is 7.34. The zero-order chi connectivity index (χ0) is 15.5. The summed E-state index contributed by atoms with van der Waals surface area (Å²) < 4.78 is 15.6. The molecule has 23 heavy (non-hydrogen) atoms. The lowest BCUT2D eigenvalue weighted by molar-refractivity contribution is 0.132. The number of aromatic nitrogens is 1.